The molecule has 2 aromatic rings. The van der Waals surface area contributed by atoms with E-state index < -0.39 is 29.6 Å². The van der Waals surface area contributed by atoms with Crippen LogP contribution in [0, 0.1) is 13.8 Å². The van der Waals surface area contributed by atoms with Crippen LogP contribution in [0.2, 0.25) is 0 Å². The lowest BCUT2D eigenvalue weighted by Crippen LogP contribution is -2.41. The molecule has 1 heterocycles. The number of alkyl carbamates (subject to hydrolysis) is 1. The molecular formula is C22H30N4O5. The van der Waals surface area contributed by atoms with E-state index in [4.69, 9.17) is 9.47 Å². The Bertz CT molecular complexity index is 946. The Morgan fingerprint density at radius 1 is 1.16 bits per heavy atom. The summed E-state index contributed by atoms with van der Waals surface area (Å²) in [5, 5.41) is 9.66. The third-order valence-electron chi connectivity index (χ3n) is 4.25. The number of esters is 1. The van der Waals surface area contributed by atoms with Gasteiger partial charge >= 0.3 is 12.1 Å². The summed E-state index contributed by atoms with van der Waals surface area (Å²) in [5.41, 5.74) is 2.69. The number of carbonyl (C=O) groups excluding carboxylic acids is 3. The zero-order valence-electron chi connectivity index (χ0n) is 18.8. The molecule has 31 heavy (non-hydrogen) atoms. The second-order valence-electron chi connectivity index (χ2n) is 8.19. The van der Waals surface area contributed by atoms with Gasteiger partial charge in [-0.3, -0.25) is 9.59 Å². The Balaban J connectivity index is 2.16. The molecule has 0 saturated heterocycles. The van der Waals surface area contributed by atoms with E-state index in [0.29, 0.717) is 5.56 Å². The maximum Gasteiger partial charge on any atom is 0.408 e. The Morgan fingerprint density at radius 2 is 1.87 bits per heavy atom. The largest absolute Gasteiger partial charge is 0.469 e. The molecule has 0 aliphatic carbocycles. The maximum absolute atomic E-state index is 12.4. The Labute approximate surface area is 182 Å². The Morgan fingerprint density at radius 3 is 2.45 bits per heavy atom. The first kappa shape index (κ1) is 23.9. The average Bonchev–Trinajstić information content (AvgIpc) is 3.02. The summed E-state index contributed by atoms with van der Waals surface area (Å²) in [6, 6.07) is 8.71. The number of amides is 2. The number of aryl methyl sites for hydroxylation is 2. The maximum atomic E-state index is 12.4. The highest BCUT2D eigenvalue weighted by molar-refractivity contribution is 5.83. The topological polar surface area (TPSA) is 112 Å². The molecule has 0 unspecified atom stereocenters. The van der Waals surface area contributed by atoms with E-state index in [-0.39, 0.29) is 13.0 Å². The minimum absolute atomic E-state index is 0.0603. The van der Waals surface area contributed by atoms with Crippen LogP contribution in [-0.4, -0.2) is 47.0 Å². The summed E-state index contributed by atoms with van der Waals surface area (Å²) in [6.07, 6.45) is -0.756. The molecule has 1 atom stereocenters. The first-order chi connectivity index (χ1) is 14.5. The highest BCUT2D eigenvalue weighted by atomic mass is 16.6. The quantitative estimate of drug-likeness (QED) is 0.654. The molecule has 2 rings (SSSR count). The molecule has 0 saturated carbocycles. The number of hydrogen-bond donors (Lipinski definition) is 2. The fourth-order valence-electron chi connectivity index (χ4n) is 2.98. The number of benzene rings is 1. The van der Waals surface area contributed by atoms with Crippen molar-refractivity contribution in [2.24, 2.45) is 0 Å². The van der Waals surface area contributed by atoms with Crippen molar-refractivity contribution in [3.8, 4) is 5.69 Å². The van der Waals surface area contributed by atoms with Gasteiger partial charge in [-0.1, -0.05) is 12.1 Å². The van der Waals surface area contributed by atoms with Crippen LogP contribution in [0.5, 0.6) is 0 Å². The molecule has 0 spiro atoms. The first-order valence-electron chi connectivity index (χ1n) is 9.95. The van der Waals surface area contributed by atoms with Gasteiger partial charge < -0.3 is 20.1 Å². The summed E-state index contributed by atoms with van der Waals surface area (Å²) >= 11 is 0. The molecule has 0 aliphatic rings. The summed E-state index contributed by atoms with van der Waals surface area (Å²) in [5.74, 6) is -0.932. The molecule has 0 radical (unpaired) electrons. The zero-order chi connectivity index (χ0) is 23.2. The Hall–Kier alpha value is -3.36. The van der Waals surface area contributed by atoms with Crippen LogP contribution in [0.25, 0.3) is 5.69 Å². The van der Waals surface area contributed by atoms with E-state index >= 15 is 0 Å². The molecule has 9 nitrogen and oxygen atoms in total. The van der Waals surface area contributed by atoms with Gasteiger partial charge in [-0.25, -0.2) is 9.48 Å². The first-order valence-corrected chi connectivity index (χ1v) is 9.95. The third kappa shape index (κ3) is 7.44. The van der Waals surface area contributed by atoms with Gasteiger partial charge in [0, 0.05) is 5.69 Å². The predicted octanol–water partition coefficient (Wildman–Crippen LogP) is 2.73. The minimum Gasteiger partial charge on any atom is -0.469 e. The van der Waals surface area contributed by atoms with E-state index in [2.05, 4.69) is 15.7 Å². The molecule has 2 N–H and O–H groups in total. The predicted molar refractivity (Wildman–Crippen MR) is 115 cm³/mol. The van der Waals surface area contributed by atoms with Gasteiger partial charge in [0.2, 0.25) is 5.91 Å². The number of aromatic nitrogens is 2. The van der Waals surface area contributed by atoms with Crippen molar-refractivity contribution in [1.82, 2.24) is 20.4 Å². The number of carbonyl (C=O) groups is 3. The molecule has 9 heteroatoms. The van der Waals surface area contributed by atoms with Gasteiger partial charge in [0.05, 0.1) is 31.0 Å². The standard InChI is InChI=1S/C22H30N4O5/c1-14-10-15(2)26(25-14)17-9-7-8-16(11-17)18(12-20(28)30-6)24-19(27)13-23-21(29)31-22(3,4)5/h7-11,18H,12-13H2,1-6H3,(H,23,29)(H,24,27)/t18-/m0/s1. The molecule has 2 amide bonds. The highest BCUT2D eigenvalue weighted by Crippen LogP contribution is 2.21. The lowest BCUT2D eigenvalue weighted by molar-refractivity contribution is -0.141. The number of ether oxygens (including phenoxy) is 2. The van der Waals surface area contributed by atoms with Gasteiger partial charge in [-0.15, -0.1) is 0 Å². The van der Waals surface area contributed by atoms with Crippen molar-refractivity contribution < 1.29 is 23.9 Å². The van der Waals surface area contributed by atoms with Crippen molar-refractivity contribution in [3.05, 3.63) is 47.3 Å². The zero-order valence-corrected chi connectivity index (χ0v) is 18.8. The minimum atomic E-state index is -0.696. The smallest absolute Gasteiger partial charge is 0.408 e. The van der Waals surface area contributed by atoms with Crippen LogP contribution < -0.4 is 10.6 Å². The van der Waals surface area contributed by atoms with Gasteiger partial charge in [0.15, 0.2) is 0 Å². The normalized spacial score (nSPS) is 12.1. The van der Waals surface area contributed by atoms with Crippen LogP contribution in [0.1, 0.15) is 50.2 Å². The van der Waals surface area contributed by atoms with Gasteiger partial charge in [-0.05, 0) is 58.4 Å². The number of nitrogens with one attached hydrogen (secondary N) is 2. The third-order valence-corrected chi connectivity index (χ3v) is 4.25. The van der Waals surface area contributed by atoms with E-state index in [1.807, 2.05) is 44.2 Å². The molecule has 0 aliphatic heterocycles. The van der Waals surface area contributed by atoms with Crippen molar-refractivity contribution in [1.29, 1.82) is 0 Å². The van der Waals surface area contributed by atoms with Gasteiger partial charge in [0.25, 0.3) is 0 Å². The second kappa shape index (κ2) is 10.1. The van der Waals surface area contributed by atoms with E-state index in [0.717, 1.165) is 17.1 Å². The number of nitrogens with zero attached hydrogens (tertiary/aromatic N) is 2. The Kier molecular flexibility index (Phi) is 7.79. The lowest BCUT2D eigenvalue weighted by atomic mass is 10.0. The highest BCUT2D eigenvalue weighted by Gasteiger charge is 2.21. The summed E-state index contributed by atoms with van der Waals surface area (Å²) < 4.78 is 11.7. The van der Waals surface area contributed by atoms with Gasteiger partial charge in [-0.2, -0.15) is 5.10 Å². The van der Waals surface area contributed by atoms with Crippen molar-refractivity contribution in [3.63, 3.8) is 0 Å². The summed E-state index contributed by atoms with van der Waals surface area (Å²) in [4.78, 5) is 36.1. The summed E-state index contributed by atoms with van der Waals surface area (Å²) in [7, 11) is 1.29. The lowest BCUT2D eigenvalue weighted by Gasteiger charge is -2.21. The van der Waals surface area contributed by atoms with Crippen molar-refractivity contribution in [2.75, 3.05) is 13.7 Å². The number of rotatable bonds is 7. The molecule has 1 aromatic carbocycles. The monoisotopic (exact) mass is 430 g/mol. The summed E-state index contributed by atoms with van der Waals surface area (Å²) in [6.45, 7) is 8.76. The van der Waals surface area contributed by atoms with E-state index in [9.17, 15) is 14.4 Å². The molecule has 0 fully saturated rings. The SMILES string of the molecule is COC(=O)C[C@H](NC(=O)CNC(=O)OC(C)(C)C)c1cccc(-n2nc(C)cc2C)c1. The fourth-order valence-corrected chi connectivity index (χ4v) is 2.98. The second-order valence-corrected chi connectivity index (χ2v) is 8.19. The van der Waals surface area contributed by atoms with Crippen LogP contribution in [0.3, 0.4) is 0 Å². The molecule has 168 valence electrons. The van der Waals surface area contributed by atoms with Crippen LogP contribution in [0.15, 0.2) is 30.3 Å². The number of hydrogen-bond acceptors (Lipinski definition) is 6. The van der Waals surface area contributed by atoms with Gasteiger partial charge in [0.1, 0.15) is 12.1 Å². The molecule has 1 aromatic heterocycles. The van der Waals surface area contributed by atoms with Crippen molar-refractivity contribution in [2.45, 2.75) is 52.7 Å². The van der Waals surface area contributed by atoms with Crippen LogP contribution in [-0.2, 0) is 19.1 Å². The van der Waals surface area contributed by atoms with Crippen LogP contribution >= 0.6 is 0 Å². The van der Waals surface area contributed by atoms with Crippen LogP contribution in [0.4, 0.5) is 4.79 Å². The number of methoxy groups -OCH3 is 1. The molecule has 0 bridgehead atoms. The van der Waals surface area contributed by atoms with Crippen molar-refractivity contribution >= 4 is 18.0 Å². The van der Waals surface area contributed by atoms with E-state index in [1.54, 1.807) is 25.5 Å². The molecular weight excluding hydrogens is 400 g/mol. The average molecular weight is 431 g/mol. The fraction of sp³-hybridized carbons (Fsp3) is 0.455. The van der Waals surface area contributed by atoms with E-state index in [1.165, 1.54) is 7.11 Å².